The summed E-state index contributed by atoms with van der Waals surface area (Å²) in [4.78, 5) is 2.69. The maximum absolute atomic E-state index is 2.69. The maximum atomic E-state index is 2.69. The van der Waals surface area contributed by atoms with Gasteiger partial charge in [0, 0.05) is 32.8 Å². The Morgan fingerprint density at radius 2 is 0.651 bits per heavy atom. The van der Waals surface area contributed by atoms with Crippen LogP contribution in [0.5, 0.6) is 0 Å². The van der Waals surface area contributed by atoms with Gasteiger partial charge in [-0.05, 0) is 187 Å². The van der Waals surface area contributed by atoms with Gasteiger partial charge in [0.1, 0.15) is 0 Å². The predicted octanol–water partition coefficient (Wildman–Crippen LogP) is 24.9. The third-order valence-corrected chi connectivity index (χ3v) is 18.7. The number of fused-ring (bicyclic) bond motifs is 3. The van der Waals surface area contributed by atoms with Crippen LogP contribution in [-0.4, -0.2) is 4.57 Å². The monoisotopic (exact) mass is 1130 g/mol. The molecule has 0 spiro atoms. The molecule has 11 aromatic rings. The molecule has 10 aromatic carbocycles. The van der Waals surface area contributed by atoms with Gasteiger partial charge in [0.05, 0.1) is 28.1 Å². The summed E-state index contributed by atoms with van der Waals surface area (Å²) < 4.78 is 2.56. The lowest BCUT2D eigenvalue weighted by Crippen LogP contribution is -2.20. The molecule has 0 bridgehead atoms. The van der Waals surface area contributed by atoms with E-state index in [1.807, 2.05) is 0 Å². The van der Waals surface area contributed by atoms with E-state index in [4.69, 9.17) is 0 Å². The highest BCUT2D eigenvalue weighted by atomic mass is 15.1. The summed E-state index contributed by atoms with van der Waals surface area (Å²) in [6.07, 6.45) is 0. The Morgan fingerprint density at radius 3 is 1.10 bits per heavy atom. The molecular formula is C84H98N2. The van der Waals surface area contributed by atoms with Crippen molar-refractivity contribution in [2.75, 3.05) is 4.90 Å². The van der Waals surface area contributed by atoms with Crippen LogP contribution in [-0.2, 0) is 43.3 Å². The average Bonchev–Trinajstić information content (AvgIpc) is 1.33. The molecule has 0 amide bonds. The summed E-state index contributed by atoms with van der Waals surface area (Å²) in [6, 6.07) is 63.3. The van der Waals surface area contributed by atoms with Crippen LogP contribution in [0.2, 0.25) is 0 Å². The number of aromatic nitrogens is 1. The molecule has 2 nitrogen and oxygen atoms in total. The van der Waals surface area contributed by atoms with Crippen LogP contribution < -0.4 is 4.90 Å². The zero-order valence-electron chi connectivity index (χ0n) is 56.9. The lowest BCUT2D eigenvalue weighted by Gasteiger charge is -2.35. The third kappa shape index (κ3) is 11.0. The van der Waals surface area contributed by atoms with Gasteiger partial charge < -0.3 is 9.47 Å². The van der Waals surface area contributed by atoms with Crippen molar-refractivity contribution in [1.82, 2.24) is 4.57 Å². The van der Waals surface area contributed by atoms with Crippen LogP contribution in [0.15, 0.2) is 158 Å². The molecule has 0 radical (unpaired) electrons. The number of rotatable bonds is 6. The van der Waals surface area contributed by atoms with Crippen LogP contribution in [0, 0.1) is 0 Å². The molecule has 0 unspecified atom stereocenters. The summed E-state index contributed by atoms with van der Waals surface area (Å²) in [5.41, 5.74) is 22.1. The number of hydrogen-bond donors (Lipinski definition) is 0. The first-order chi connectivity index (χ1) is 39.7. The molecule has 11 rings (SSSR count). The number of hydrogen-bond acceptors (Lipinski definition) is 1. The van der Waals surface area contributed by atoms with Crippen molar-refractivity contribution in [1.29, 1.82) is 0 Å². The highest BCUT2D eigenvalue weighted by Crippen LogP contribution is 2.53. The average molecular weight is 1140 g/mol. The molecule has 0 atom stereocenters. The zero-order chi connectivity index (χ0) is 62.6. The SMILES string of the molecule is CC(C)(C)c1ccc(-c2c(-c3cc(C(C)(C)C)cc(C(C)(C)C)c3)cc(C(C)(C)C)cc2N(c2cc(C(C)(C)C)cc(C(C)(C)C)c2)c2ccc3ccc4c(-n5c6ccc(C(C)(C)C)cc6c6cc(C(C)(C)C)ccc65)ccc5ccc2c3c54)cc1. The van der Waals surface area contributed by atoms with Crippen molar-refractivity contribution in [3.63, 3.8) is 0 Å². The molecule has 0 aliphatic rings. The van der Waals surface area contributed by atoms with Crippen LogP contribution >= 0.6 is 0 Å². The fraction of sp³-hybridized carbons (Fsp3) is 0.381. The predicted molar refractivity (Wildman–Crippen MR) is 380 cm³/mol. The molecule has 0 N–H and O–H groups in total. The highest BCUT2D eigenvalue weighted by molar-refractivity contribution is 6.28. The highest BCUT2D eigenvalue weighted by Gasteiger charge is 2.32. The van der Waals surface area contributed by atoms with Crippen molar-refractivity contribution in [3.8, 4) is 27.9 Å². The number of benzene rings is 10. The normalized spacial score (nSPS) is 13.6. The van der Waals surface area contributed by atoms with E-state index < -0.39 is 0 Å². The Bertz CT molecular complexity index is 4300. The van der Waals surface area contributed by atoms with Crippen LogP contribution in [0.3, 0.4) is 0 Å². The van der Waals surface area contributed by atoms with Gasteiger partial charge in [-0.2, -0.15) is 0 Å². The van der Waals surface area contributed by atoms with E-state index >= 15 is 0 Å². The van der Waals surface area contributed by atoms with Gasteiger partial charge in [0.25, 0.3) is 0 Å². The standard InChI is InChI=1S/C84H98N2/c1-77(2,3)55-31-25-51(26-32-55)74-66(54-41-58(80(10,11)12)43-59(42-54)81(13,14)15)49-62(84(22,23)24)50-73(74)85(63-45-60(82(16,17)18)44-61(46-63)83(19,20)21)69-37-29-52-28-36-65-70(38-30-53-27-35-64(69)75(52)76(53)65)86-71-39-33-56(78(4,5)6)47-67(71)68-48-57(79(7,8)9)34-40-72(68)86/h25-50H,1-24H3. The van der Waals surface area contributed by atoms with E-state index in [2.05, 4.69) is 333 Å². The quantitative estimate of drug-likeness (QED) is 0.151. The first-order valence-electron chi connectivity index (χ1n) is 31.9. The van der Waals surface area contributed by atoms with E-state index in [0.717, 1.165) is 11.4 Å². The molecule has 86 heavy (non-hydrogen) atoms. The molecule has 0 saturated heterocycles. The molecule has 0 fully saturated rings. The van der Waals surface area contributed by atoms with E-state index in [9.17, 15) is 0 Å². The number of nitrogens with zero attached hydrogens (tertiary/aromatic N) is 2. The second-order valence-electron chi connectivity index (χ2n) is 33.8. The van der Waals surface area contributed by atoms with Gasteiger partial charge in [-0.25, -0.2) is 0 Å². The molecule has 1 heterocycles. The first-order valence-corrected chi connectivity index (χ1v) is 31.9. The van der Waals surface area contributed by atoms with Gasteiger partial charge in [-0.1, -0.05) is 263 Å². The Kier molecular flexibility index (Phi) is 14.2. The Morgan fingerprint density at radius 1 is 0.267 bits per heavy atom. The zero-order valence-corrected chi connectivity index (χ0v) is 56.9. The van der Waals surface area contributed by atoms with Gasteiger partial charge in [0.15, 0.2) is 0 Å². The molecule has 1 aromatic heterocycles. The fourth-order valence-corrected chi connectivity index (χ4v) is 12.9. The number of anilines is 3. The molecule has 0 aliphatic heterocycles. The van der Waals surface area contributed by atoms with Crippen molar-refractivity contribution < 1.29 is 0 Å². The van der Waals surface area contributed by atoms with Gasteiger partial charge in [0.2, 0.25) is 0 Å². The van der Waals surface area contributed by atoms with Crippen molar-refractivity contribution in [2.24, 2.45) is 0 Å². The summed E-state index contributed by atoms with van der Waals surface area (Å²) >= 11 is 0. The van der Waals surface area contributed by atoms with Crippen molar-refractivity contribution >= 4 is 71.2 Å². The Balaban J connectivity index is 1.30. The van der Waals surface area contributed by atoms with Crippen LogP contribution in [0.25, 0.3) is 82.1 Å². The lowest BCUT2D eigenvalue weighted by molar-refractivity contribution is 0.568. The minimum absolute atomic E-state index is 0.00557. The minimum Gasteiger partial charge on any atom is -0.309 e. The van der Waals surface area contributed by atoms with Crippen molar-refractivity contribution in [3.05, 3.63) is 202 Å². The molecular weight excluding hydrogens is 1040 g/mol. The molecule has 0 saturated carbocycles. The van der Waals surface area contributed by atoms with E-state index in [1.165, 1.54) is 132 Å². The van der Waals surface area contributed by atoms with E-state index in [-0.39, 0.29) is 43.3 Å². The second kappa shape index (κ2) is 20.2. The van der Waals surface area contributed by atoms with E-state index in [0.29, 0.717) is 0 Å². The second-order valence-corrected chi connectivity index (χ2v) is 33.8. The summed E-state index contributed by atoms with van der Waals surface area (Å²) in [5, 5.41) is 10.1. The van der Waals surface area contributed by atoms with Crippen molar-refractivity contribution in [2.45, 2.75) is 209 Å². The van der Waals surface area contributed by atoms with Crippen LogP contribution in [0.4, 0.5) is 17.1 Å². The third-order valence-electron chi connectivity index (χ3n) is 18.7. The largest absolute Gasteiger partial charge is 0.309 e. The molecule has 444 valence electrons. The van der Waals surface area contributed by atoms with Gasteiger partial charge in [-0.15, -0.1) is 0 Å². The van der Waals surface area contributed by atoms with E-state index in [1.54, 1.807) is 0 Å². The summed E-state index contributed by atoms with van der Waals surface area (Å²) in [5.74, 6) is 0. The van der Waals surface area contributed by atoms with Gasteiger partial charge in [-0.3, -0.25) is 0 Å². The summed E-state index contributed by atoms with van der Waals surface area (Å²) in [6.45, 7) is 56.5. The van der Waals surface area contributed by atoms with Crippen LogP contribution in [0.1, 0.15) is 211 Å². The molecule has 0 aliphatic carbocycles. The first kappa shape index (κ1) is 60.5. The lowest BCUT2D eigenvalue weighted by atomic mass is 9.76. The maximum Gasteiger partial charge on any atom is 0.0549 e. The Hall–Kier alpha value is -7.16. The van der Waals surface area contributed by atoms with Gasteiger partial charge >= 0.3 is 0 Å². The minimum atomic E-state index is -0.198. The summed E-state index contributed by atoms with van der Waals surface area (Å²) in [7, 11) is 0. The fourth-order valence-electron chi connectivity index (χ4n) is 12.9. The Labute approximate surface area is 517 Å². The topological polar surface area (TPSA) is 8.17 Å². The molecule has 2 heteroatoms. The smallest absolute Gasteiger partial charge is 0.0549 e.